The van der Waals surface area contributed by atoms with Crippen molar-refractivity contribution < 1.29 is 127 Å². The summed E-state index contributed by atoms with van der Waals surface area (Å²) in [6.45, 7) is 3.91. The normalized spacial score (nSPS) is 11.9. The molecular weight excluding hydrogens is 944 g/mol. The van der Waals surface area contributed by atoms with Gasteiger partial charge in [-0.3, -0.25) is 5.73 Å². The second kappa shape index (κ2) is 16.6. The van der Waals surface area contributed by atoms with Crippen LogP contribution in [0.5, 0.6) is 11.5 Å². The van der Waals surface area contributed by atoms with E-state index in [-0.39, 0.29) is 128 Å². The van der Waals surface area contributed by atoms with Gasteiger partial charge in [-0.2, -0.15) is 0 Å². The van der Waals surface area contributed by atoms with E-state index in [2.05, 4.69) is 10.2 Å². The molecule has 2 heterocycles. The Hall–Kier alpha value is -1.62. The number of anilines is 1. The summed E-state index contributed by atoms with van der Waals surface area (Å²) in [5.41, 5.74) is 5.78. The van der Waals surface area contributed by atoms with Gasteiger partial charge >= 0.3 is 23.3 Å². The first-order chi connectivity index (χ1) is 17.6. The van der Waals surface area contributed by atoms with Crippen LogP contribution < -0.4 is 34.4 Å². The van der Waals surface area contributed by atoms with Crippen molar-refractivity contribution in [2.24, 2.45) is 0 Å². The number of benzene rings is 2. The third-order valence-corrected chi connectivity index (χ3v) is 5.25. The molecule has 4 N–H and O–H groups in total. The van der Waals surface area contributed by atoms with Crippen LogP contribution in [0.3, 0.4) is 0 Å². The van der Waals surface area contributed by atoms with Gasteiger partial charge in [-0.15, -0.1) is 0 Å². The van der Waals surface area contributed by atoms with Gasteiger partial charge in [0.2, 0.25) is 15.7 Å². The minimum absolute atomic E-state index is 0. The Morgan fingerprint density at radius 2 is 1.28 bits per heavy atom. The van der Waals surface area contributed by atoms with E-state index in [1.807, 2.05) is 13.8 Å². The van der Waals surface area contributed by atoms with Gasteiger partial charge in [0.1, 0.15) is 24.7 Å². The number of rotatable bonds is 8. The maximum absolute atomic E-state index is 11.6. The van der Waals surface area contributed by atoms with Crippen LogP contribution in [0, 0.1) is 109 Å². The van der Waals surface area contributed by atoms with E-state index in [1.54, 1.807) is 6.07 Å². The van der Waals surface area contributed by atoms with Crippen LogP contribution in [0.25, 0.3) is 22.1 Å². The Morgan fingerprint density at radius 3 is 1.79 bits per heavy atom. The second-order valence-corrected chi connectivity index (χ2v) is 7.90. The van der Waals surface area contributed by atoms with Gasteiger partial charge < -0.3 is 40.5 Å². The molecule has 2 aromatic carbocycles. The monoisotopic (exact) mass is 971 g/mol. The number of ether oxygens (including phenoxy) is 2. The molecule has 4 rings (SSSR count). The van der Waals surface area contributed by atoms with Gasteiger partial charge in [0.15, 0.2) is 5.52 Å². The number of nitrogens with zero attached hydrogens (tertiary/aromatic N) is 6. The zero-order valence-corrected chi connectivity index (χ0v) is 30.8. The van der Waals surface area contributed by atoms with Crippen molar-refractivity contribution in [3.63, 3.8) is 0 Å². The molecule has 0 aliphatic heterocycles. The molecular formula is C22H27Ac2N7O8. The average molecular weight is 971 g/mol. The van der Waals surface area contributed by atoms with Crippen molar-refractivity contribution in [1.29, 1.82) is 0 Å². The minimum Gasteiger partial charge on any atom is -0.739 e. The third kappa shape index (κ3) is 9.47. The summed E-state index contributed by atoms with van der Waals surface area (Å²) in [7, 11) is 0. The fourth-order valence-electron chi connectivity index (χ4n) is 3.00. The Kier molecular flexibility index (Phi) is 15.1. The van der Waals surface area contributed by atoms with Crippen LogP contribution >= 0.6 is 0 Å². The standard InChI is InChI=1S/C11H14N4O4.C11H13N3O4.2Ac/c1-2-7(16)6-19-8-3-4-9-10(5-8)15(18)13-11(12)14(9)17;1-2-8(15)6-18-9-3-4-10-11(5-9)14(17)12-7-13(10)16;;/h3-5,7,16H,2,6H2,1H3,(H2,12,13);3-5,7-8,15H,2,6H2,1H3;;. The summed E-state index contributed by atoms with van der Waals surface area (Å²) in [5, 5.41) is 71.4. The predicted molar refractivity (Wildman–Crippen MR) is 127 cm³/mol. The van der Waals surface area contributed by atoms with Crippen molar-refractivity contribution >= 4 is 28.0 Å². The molecule has 2 unspecified atom stereocenters. The molecule has 15 nitrogen and oxygen atoms in total. The van der Waals surface area contributed by atoms with Crippen LogP contribution in [0.2, 0.25) is 0 Å². The number of hydrogen-bond acceptors (Lipinski definition) is 11. The minimum atomic E-state index is -0.580. The number of hydrogen-bond donors (Lipinski definition) is 3. The van der Waals surface area contributed by atoms with Crippen LogP contribution in [-0.2, 0) is 0 Å². The molecule has 2 atom stereocenters. The molecule has 0 fully saturated rings. The molecule has 39 heavy (non-hydrogen) atoms. The van der Waals surface area contributed by atoms with Crippen molar-refractivity contribution in [2.75, 3.05) is 18.9 Å². The number of aliphatic hydroxyl groups is 2. The Bertz CT molecular complexity index is 1390. The number of fused-ring (bicyclic) bond motifs is 2. The van der Waals surface area contributed by atoms with E-state index < -0.39 is 18.2 Å². The summed E-state index contributed by atoms with van der Waals surface area (Å²) in [4.78, 5) is 0.620. The van der Waals surface area contributed by atoms with Crippen molar-refractivity contribution in [3.8, 4) is 11.5 Å². The molecule has 2 radical (unpaired) electrons. The number of aliphatic hydroxyl groups excluding tert-OH is 2. The summed E-state index contributed by atoms with van der Waals surface area (Å²) in [6.07, 6.45) is 0.907. The van der Waals surface area contributed by atoms with Crippen molar-refractivity contribution in [3.05, 3.63) is 63.6 Å². The van der Waals surface area contributed by atoms with Gasteiger partial charge in [0.05, 0.1) is 29.2 Å². The SMILES string of the molecule is CCC(O)COc1ccc2c(c1)[n+]([O-])nc(N)[n+]2[O-].CCC(O)COc1ccc2c(c1)[n+]([O-])nc[n+]2[O-].[Ac].[Ac]. The molecule has 0 aliphatic carbocycles. The van der Waals surface area contributed by atoms with E-state index >= 15 is 0 Å². The molecule has 2 aromatic heterocycles. The fraction of sp³-hybridized carbons (Fsp3) is 0.364. The Balaban J connectivity index is 0.000000371. The van der Waals surface area contributed by atoms with Gasteiger partial charge in [0.25, 0.3) is 0 Å². The van der Waals surface area contributed by atoms with Gasteiger partial charge in [0, 0.05) is 93.0 Å². The van der Waals surface area contributed by atoms with Crippen molar-refractivity contribution in [2.45, 2.75) is 38.9 Å². The summed E-state index contributed by atoms with van der Waals surface area (Å²) in [5.74, 6) is 0.362. The zero-order chi connectivity index (χ0) is 27.1. The van der Waals surface area contributed by atoms with E-state index in [9.17, 15) is 31.0 Å². The largest absolute Gasteiger partial charge is 0.739 e. The molecule has 0 saturated heterocycles. The van der Waals surface area contributed by atoms with Crippen molar-refractivity contribution in [1.82, 2.24) is 10.2 Å². The zero-order valence-electron chi connectivity index (χ0n) is 21.3. The first-order valence-corrected chi connectivity index (χ1v) is 11.3. The Labute approximate surface area is 294 Å². The first-order valence-electron chi connectivity index (χ1n) is 11.3. The maximum Gasteiger partial charge on any atom is 0.458 e. The maximum atomic E-state index is 11.6. The number of aromatic nitrogens is 6. The van der Waals surface area contributed by atoms with Gasteiger partial charge in [-0.25, -0.2) is 9.46 Å². The van der Waals surface area contributed by atoms with E-state index in [1.165, 1.54) is 30.3 Å². The molecule has 0 amide bonds. The molecule has 0 saturated carbocycles. The van der Waals surface area contributed by atoms with Gasteiger partial charge in [-0.05, 0) is 37.1 Å². The molecule has 17 heteroatoms. The summed E-state index contributed by atoms with van der Waals surface area (Å²) >= 11 is 0. The molecule has 204 valence electrons. The van der Waals surface area contributed by atoms with Crippen LogP contribution in [-0.4, -0.2) is 45.8 Å². The van der Waals surface area contributed by atoms with Crippen LogP contribution in [0.15, 0.2) is 42.7 Å². The number of nitrogens with two attached hydrogens (primary N) is 1. The summed E-state index contributed by atoms with van der Waals surface area (Å²) < 4.78 is 11.5. The molecule has 0 bridgehead atoms. The Morgan fingerprint density at radius 1 is 0.795 bits per heavy atom. The smallest absolute Gasteiger partial charge is 0.458 e. The van der Waals surface area contributed by atoms with E-state index in [0.717, 1.165) is 6.33 Å². The quantitative estimate of drug-likeness (QED) is 0.142. The predicted octanol–water partition coefficient (Wildman–Crippen LogP) is -1.12. The molecule has 4 aromatic rings. The average Bonchev–Trinajstić information content (AvgIpc) is 2.91. The second-order valence-electron chi connectivity index (χ2n) is 7.90. The first kappa shape index (κ1) is 35.4. The summed E-state index contributed by atoms with van der Waals surface area (Å²) in [6, 6.07) is 8.80. The third-order valence-electron chi connectivity index (χ3n) is 5.25. The van der Waals surface area contributed by atoms with Crippen LogP contribution in [0.4, 0.5) is 5.95 Å². The van der Waals surface area contributed by atoms with Gasteiger partial charge in [-0.1, -0.05) is 13.8 Å². The van der Waals surface area contributed by atoms with Crippen LogP contribution in [0.1, 0.15) is 26.7 Å². The van der Waals surface area contributed by atoms with E-state index in [0.29, 0.717) is 38.6 Å². The topological polar surface area (TPSA) is 218 Å². The van der Waals surface area contributed by atoms with E-state index in [4.69, 9.17) is 15.2 Å². The molecule has 0 spiro atoms. The fourth-order valence-corrected chi connectivity index (χ4v) is 3.00. The number of nitrogen functional groups attached to an aromatic ring is 1. The molecule has 0 aliphatic rings.